The van der Waals surface area contributed by atoms with Crippen LogP contribution in [0.5, 0.6) is 11.5 Å². The van der Waals surface area contributed by atoms with Gasteiger partial charge in [0.2, 0.25) is 0 Å². The highest BCUT2D eigenvalue weighted by Crippen LogP contribution is 2.60. The van der Waals surface area contributed by atoms with Crippen molar-refractivity contribution in [3.8, 4) is 33.8 Å². The predicted molar refractivity (Wildman–Crippen MR) is 229 cm³/mol. The topological polar surface area (TPSA) is 18.5 Å². The van der Waals surface area contributed by atoms with Crippen LogP contribution in [0.4, 0.5) is 8.78 Å². The molecule has 0 aromatic heterocycles. The van der Waals surface area contributed by atoms with Crippen LogP contribution in [0.1, 0.15) is 63.9 Å². The van der Waals surface area contributed by atoms with Crippen molar-refractivity contribution in [3.05, 3.63) is 232 Å². The molecule has 1 heterocycles. The molecule has 0 radical (unpaired) electrons. The van der Waals surface area contributed by atoms with Crippen LogP contribution in [0.3, 0.4) is 0 Å². The van der Waals surface area contributed by atoms with E-state index in [1.165, 1.54) is 34.4 Å². The van der Waals surface area contributed by atoms with Crippen molar-refractivity contribution in [1.29, 1.82) is 0 Å². The van der Waals surface area contributed by atoms with E-state index in [9.17, 15) is 4.39 Å². The van der Waals surface area contributed by atoms with Crippen molar-refractivity contribution in [2.75, 3.05) is 7.11 Å². The van der Waals surface area contributed by atoms with E-state index in [4.69, 9.17) is 9.47 Å². The Morgan fingerprint density at radius 2 is 1.14 bits per heavy atom. The standard InChI is InChI=1S/C54H38F2O2/c1-52(2)47-32-38(56)22-27-43(47)49-42-26-21-37(55)31-45(42)51-44(50(49)52)28-29-53(58-51,33-18-23-39(57-3)24-19-33)36-20-25-41-40-16-10-11-17-46(40)54(48(41)30-36,34-12-6-4-7-13-34)35-14-8-5-9-15-35/h4-32H,1-3H3. The van der Waals surface area contributed by atoms with Gasteiger partial charge in [0.15, 0.2) is 5.60 Å². The molecule has 0 N–H and O–H groups in total. The molecule has 4 heteroatoms. The van der Waals surface area contributed by atoms with Crippen molar-refractivity contribution in [2.24, 2.45) is 0 Å². The minimum Gasteiger partial charge on any atom is -0.497 e. The van der Waals surface area contributed by atoms with Gasteiger partial charge in [-0.15, -0.1) is 0 Å². The minimum atomic E-state index is -1.14. The molecule has 1 unspecified atom stereocenters. The lowest BCUT2D eigenvalue weighted by Gasteiger charge is -2.39. The van der Waals surface area contributed by atoms with Gasteiger partial charge in [0.25, 0.3) is 0 Å². The highest BCUT2D eigenvalue weighted by molar-refractivity contribution is 6.08. The molecule has 8 aromatic carbocycles. The van der Waals surface area contributed by atoms with Gasteiger partial charge in [-0.2, -0.15) is 0 Å². The first kappa shape index (κ1) is 34.5. The lowest BCUT2D eigenvalue weighted by atomic mass is 9.67. The van der Waals surface area contributed by atoms with Gasteiger partial charge in [-0.3, -0.25) is 0 Å². The third kappa shape index (κ3) is 4.57. The summed E-state index contributed by atoms with van der Waals surface area (Å²) in [4.78, 5) is 0. The zero-order valence-corrected chi connectivity index (χ0v) is 32.3. The number of hydrogen-bond donors (Lipinski definition) is 0. The van der Waals surface area contributed by atoms with Crippen molar-refractivity contribution < 1.29 is 18.3 Å². The molecular formula is C54H38F2O2. The number of hydrogen-bond acceptors (Lipinski definition) is 2. The molecule has 1 atom stereocenters. The second kappa shape index (κ2) is 12.4. The van der Waals surface area contributed by atoms with Crippen LogP contribution < -0.4 is 9.47 Å². The van der Waals surface area contributed by atoms with Crippen LogP contribution >= 0.6 is 0 Å². The highest BCUT2D eigenvalue weighted by atomic mass is 19.1. The molecular weight excluding hydrogens is 719 g/mol. The normalized spacial score (nSPS) is 17.5. The molecule has 0 spiro atoms. The number of benzene rings is 8. The number of methoxy groups -OCH3 is 1. The lowest BCUT2D eigenvalue weighted by Crippen LogP contribution is -2.36. The third-order valence-electron chi connectivity index (χ3n) is 13.0. The Hall–Kier alpha value is -6.78. The predicted octanol–water partition coefficient (Wildman–Crippen LogP) is 13.1. The smallest absolute Gasteiger partial charge is 0.178 e. The average molecular weight is 757 g/mol. The number of halogens is 2. The molecule has 8 aromatic rings. The molecule has 0 bridgehead atoms. The van der Waals surface area contributed by atoms with E-state index in [0.717, 1.165) is 61.2 Å². The zero-order valence-electron chi connectivity index (χ0n) is 32.3. The van der Waals surface area contributed by atoms with Crippen molar-refractivity contribution in [2.45, 2.75) is 30.3 Å². The maximum atomic E-state index is 15.5. The summed E-state index contributed by atoms with van der Waals surface area (Å²) in [6.07, 6.45) is 4.30. The van der Waals surface area contributed by atoms with Gasteiger partial charge < -0.3 is 9.47 Å². The molecule has 1 aliphatic heterocycles. The van der Waals surface area contributed by atoms with Crippen LogP contribution in [0, 0.1) is 11.6 Å². The molecule has 11 rings (SSSR count). The maximum Gasteiger partial charge on any atom is 0.178 e. The third-order valence-corrected chi connectivity index (χ3v) is 13.0. The Morgan fingerprint density at radius 1 is 0.517 bits per heavy atom. The van der Waals surface area contributed by atoms with Gasteiger partial charge in [-0.25, -0.2) is 8.78 Å². The molecule has 2 aliphatic carbocycles. The van der Waals surface area contributed by atoms with Gasteiger partial charge in [0, 0.05) is 27.5 Å². The van der Waals surface area contributed by atoms with Crippen LogP contribution in [-0.2, 0) is 16.4 Å². The van der Waals surface area contributed by atoms with Gasteiger partial charge in [-0.1, -0.05) is 141 Å². The van der Waals surface area contributed by atoms with Crippen molar-refractivity contribution in [1.82, 2.24) is 0 Å². The number of fused-ring (bicyclic) bond motifs is 11. The molecule has 2 nitrogen and oxygen atoms in total. The molecule has 0 saturated heterocycles. The first-order valence-electron chi connectivity index (χ1n) is 19.7. The highest BCUT2D eigenvalue weighted by Gasteiger charge is 2.49. The zero-order chi connectivity index (χ0) is 39.4. The lowest BCUT2D eigenvalue weighted by molar-refractivity contribution is 0.163. The Balaban J connectivity index is 1.21. The Labute approximate surface area is 336 Å². The van der Waals surface area contributed by atoms with Crippen molar-refractivity contribution in [3.63, 3.8) is 0 Å². The molecule has 58 heavy (non-hydrogen) atoms. The fourth-order valence-electron chi connectivity index (χ4n) is 10.4. The molecule has 0 amide bonds. The molecule has 3 aliphatic rings. The first-order valence-corrected chi connectivity index (χ1v) is 19.7. The SMILES string of the molecule is COc1ccc(C2(c3ccc4c(c3)C(c3ccccc3)(c3ccccc3)c3ccccc3-4)C=Cc3c4c(c5ccc(F)cc5c3O2)-c2ccc(F)cc2C4(C)C)cc1. The van der Waals surface area contributed by atoms with Gasteiger partial charge in [-0.05, 0) is 110 Å². The van der Waals surface area contributed by atoms with Gasteiger partial charge in [0.1, 0.15) is 23.1 Å². The molecule has 0 saturated carbocycles. The van der Waals surface area contributed by atoms with Crippen LogP contribution in [0.25, 0.3) is 39.1 Å². The monoisotopic (exact) mass is 756 g/mol. The van der Waals surface area contributed by atoms with E-state index in [1.807, 2.05) is 24.3 Å². The fraction of sp³-hybridized carbons (Fsp3) is 0.111. The van der Waals surface area contributed by atoms with Crippen LogP contribution in [-0.4, -0.2) is 7.11 Å². The summed E-state index contributed by atoms with van der Waals surface area (Å²) in [6, 6.07) is 54.9. The van der Waals surface area contributed by atoms with E-state index >= 15 is 4.39 Å². The largest absolute Gasteiger partial charge is 0.497 e. The number of ether oxygens (including phenoxy) is 2. The minimum absolute atomic E-state index is 0.282. The maximum absolute atomic E-state index is 15.5. The van der Waals surface area contributed by atoms with E-state index < -0.39 is 16.4 Å². The van der Waals surface area contributed by atoms with Crippen LogP contribution in [0.15, 0.2) is 170 Å². The first-order chi connectivity index (χ1) is 28.3. The average Bonchev–Trinajstić information content (AvgIpc) is 3.69. The summed E-state index contributed by atoms with van der Waals surface area (Å²) < 4.78 is 43.7. The summed E-state index contributed by atoms with van der Waals surface area (Å²) >= 11 is 0. The van der Waals surface area contributed by atoms with E-state index in [1.54, 1.807) is 19.2 Å². The second-order valence-electron chi connectivity index (χ2n) is 16.2. The summed E-state index contributed by atoms with van der Waals surface area (Å²) in [5.74, 6) is 0.682. The van der Waals surface area contributed by atoms with E-state index in [0.29, 0.717) is 11.1 Å². The van der Waals surface area contributed by atoms with Crippen molar-refractivity contribution >= 4 is 16.8 Å². The number of rotatable bonds is 5. The Bertz CT molecular complexity index is 2960. The van der Waals surface area contributed by atoms with E-state index in [-0.39, 0.29) is 11.6 Å². The summed E-state index contributed by atoms with van der Waals surface area (Å²) in [6.45, 7) is 4.27. The second-order valence-corrected chi connectivity index (χ2v) is 16.2. The summed E-state index contributed by atoms with van der Waals surface area (Å²) in [5.41, 5.74) is 11.3. The summed E-state index contributed by atoms with van der Waals surface area (Å²) in [7, 11) is 1.66. The van der Waals surface area contributed by atoms with Crippen LogP contribution in [0.2, 0.25) is 0 Å². The quantitative estimate of drug-likeness (QED) is 0.174. The Kier molecular flexibility index (Phi) is 7.34. The molecule has 280 valence electrons. The Morgan fingerprint density at radius 3 is 1.86 bits per heavy atom. The molecule has 0 fully saturated rings. The fourth-order valence-corrected chi connectivity index (χ4v) is 10.4. The van der Waals surface area contributed by atoms with Gasteiger partial charge in [0.05, 0.1) is 12.5 Å². The van der Waals surface area contributed by atoms with E-state index in [2.05, 4.69) is 141 Å². The van der Waals surface area contributed by atoms with Gasteiger partial charge >= 0.3 is 0 Å². The summed E-state index contributed by atoms with van der Waals surface area (Å²) in [5, 5.41) is 1.53.